The number of carbonyl (C=O) groups excluding carboxylic acids is 1. The van der Waals surface area contributed by atoms with E-state index in [2.05, 4.69) is 10.3 Å². The largest absolute Gasteiger partial charge is 0.334 e. The molecule has 1 N–H and O–H groups in total. The van der Waals surface area contributed by atoms with Gasteiger partial charge in [-0.05, 0) is 6.08 Å². The minimum atomic E-state index is -0.205. The van der Waals surface area contributed by atoms with E-state index in [9.17, 15) is 4.79 Å². The van der Waals surface area contributed by atoms with Gasteiger partial charge in [-0.3, -0.25) is 4.79 Å². The lowest BCUT2D eigenvalue weighted by Crippen LogP contribution is -2.17. The third kappa shape index (κ3) is 3.75. The summed E-state index contributed by atoms with van der Waals surface area (Å²) in [5.74, 6) is -0.223. The van der Waals surface area contributed by atoms with Crippen LogP contribution in [0.3, 0.4) is 0 Å². The van der Waals surface area contributed by atoms with Crippen LogP contribution in [0.15, 0.2) is 31.0 Å². The van der Waals surface area contributed by atoms with E-state index in [1.807, 2.05) is 16.8 Å². The second-order valence-corrected chi connectivity index (χ2v) is 2.63. The summed E-state index contributed by atoms with van der Waals surface area (Å²) in [7, 11) is 0. The number of amides is 1. The van der Waals surface area contributed by atoms with Gasteiger partial charge in [0.05, 0.1) is 6.33 Å². The lowest BCUT2D eigenvalue weighted by Gasteiger charge is -1.95. The number of rotatable bonds is 4. The molecule has 0 aromatic carbocycles. The van der Waals surface area contributed by atoms with Crippen molar-refractivity contribution in [1.82, 2.24) is 14.9 Å². The molecule has 1 rings (SSSR count). The van der Waals surface area contributed by atoms with Crippen LogP contribution in [0.25, 0.3) is 0 Å². The Balaban J connectivity index is 2.23. The first-order chi connectivity index (χ1) is 6.33. The lowest BCUT2D eigenvalue weighted by molar-refractivity contribution is -0.117. The molecule has 5 heteroatoms. The lowest BCUT2D eigenvalue weighted by atomic mass is 10.5. The van der Waals surface area contributed by atoms with Crippen LogP contribution in [0.1, 0.15) is 0 Å². The van der Waals surface area contributed by atoms with Crippen LogP contribution in [-0.4, -0.2) is 21.3 Å². The summed E-state index contributed by atoms with van der Waals surface area (Å²) < 4.78 is 1.88. The molecule has 0 saturated carbocycles. The Hall–Kier alpha value is -1.29. The molecule has 4 nitrogen and oxygen atoms in total. The number of carbonyl (C=O) groups is 1. The van der Waals surface area contributed by atoms with Gasteiger partial charge in [0.25, 0.3) is 0 Å². The Morgan fingerprint density at radius 3 is 3.15 bits per heavy atom. The number of halogens is 1. The van der Waals surface area contributed by atoms with E-state index in [1.165, 1.54) is 0 Å². The SMILES string of the molecule is O=C(CCl)NC=CCn1ccnc1. The van der Waals surface area contributed by atoms with Gasteiger partial charge in [0.2, 0.25) is 5.91 Å². The maximum absolute atomic E-state index is 10.7. The Labute approximate surface area is 81.2 Å². The Morgan fingerprint density at radius 1 is 1.69 bits per heavy atom. The number of imidazole rings is 1. The number of nitrogens with one attached hydrogen (secondary N) is 1. The molecule has 0 unspecified atom stereocenters. The van der Waals surface area contributed by atoms with Gasteiger partial charge >= 0.3 is 0 Å². The number of nitrogens with zero attached hydrogens (tertiary/aromatic N) is 2. The van der Waals surface area contributed by atoms with Crippen molar-refractivity contribution in [2.45, 2.75) is 6.54 Å². The number of alkyl halides is 1. The maximum Gasteiger partial charge on any atom is 0.238 e. The number of hydrogen-bond donors (Lipinski definition) is 1. The van der Waals surface area contributed by atoms with E-state index in [4.69, 9.17) is 11.6 Å². The van der Waals surface area contributed by atoms with Crippen LogP contribution in [-0.2, 0) is 11.3 Å². The van der Waals surface area contributed by atoms with Crippen molar-refractivity contribution in [2.24, 2.45) is 0 Å². The predicted molar refractivity (Wildman–Crippen MR) is 50.2 cm³/mol. The summed E-state index contributed by atoms with van der Waals surface area (Å²) in [6, 6.07) is 0. The first kappa shape index (κ1) is 9.80. The standard InChI is InChI=1S/C8H10ClN3O/c9-6-8(13)11-2-1-4-12-5-3-10-7-12/h1-3,5,7H,4,6H2,(H,11,13). The van der Waals surface area contributed by atoms with Gasteiger partial charge in [0, 0.05) is 25.1 Å². The fourth-order valence-electron chi connectivity index (χ4n) is 0.760. The first-order valence-corrected chi connectivity index (χ1v) is 4.32. The average Bonchev–Trinajstić information content (AvgIpc) is 2.64. The highest BCUT2D eigenvalue weighted by molar-refractivity contribution is 6.27. The Morgan fingerprint density at radius 2 is 2.54 bits per heavy atom. The molecule has 0 bridgehead atoms. The maximum atomic E-state index is 10.7. The summed E-state index contributed by atoms with van der Waals surface area (Å²) in [5, 5.41) is 2.51. The quantitative estimate of drug-likeness (QED) is 0.728. The summed E-state index contributed by atoms with van der Waals surface area (Å²) in [6.45, 7) is 0.683. The van der Waals surface area contributed by atoms with Gasteiger partial charge in [-0.1, -0.05) is 0 Å². The van der Waals surface area contributed by atoms with Crippen molar-refractivity contribution in [3.05, 3.63) is 31.0 Å². The molecule has 0 fully saturated rings. The van der Waals surface area contributed by atoms with Crippen molar-refractivity contribution in [2.75, 3.05) is 5.88 Å². The molecule has 0 spiro atoms. The van der Waals surface area contributed by atoms with Crippen LogP contribution in [0, 0.1) is 0 Å². The molecule has 0 aliphatic carbocycles. The van der Waals surface area contributed by atoms with Crippen molar-refractivity contribution in [3.63, 3.8) is 0 Å². The molecular weight excluding hydrogens is 190 g/mol. The van der Waals surface area contributed by atoms with Gasteiger partial charge < -0.3 is 9.88 Å². The monoisotopic (exact) mass is 199 g/mol. The molecule has 0 atom stereocenters. The number of hydrogen-bond acceptors (Lipinski definition) is 2. The third-order valence-corrected chi connectivity index (χ3v) is 1.60. The van der Waals surface area contributed by atoms with E-state index in [-0.39, 0.29) is 11.8 Å². The summed E-state index contributed by atoms with van der Waals surface area (Å²) in [5.41, 5.74) is 0. The number of aromatic nitrogens is 2. The smallest absolute Gasteiger partial charge is 0.238 e. The average molecular weight is 200 g/mol. The van der Waals surface area contributed by atoms with Crippen LogP contribution < -0.4 is 5.32 Å². The highest BCUT2D eigenvalue weighted by atomic mass is 35.5. The van der Waals surface area contributed by atoms with Crippen LogP contribution >= 0.6 is 11.6 Å². The van der Waals surface area contributed by atoms with E-state index in [0.29, 0.717) is 6.54 Å². The van der Waals surface area contributed by atoms with Gasteiger partial charge in [0.15, 0.2) is 0 Å². The van der Waals surface area contributed by atoms with E-state index < -0.39 is 0 Å². The highest BCUT2D eigenvalue weighted by Gasteiger charge is 1.91. The van der Waals surface area contributed by atoms with Crippen molar-refractivity contribution in [3.8, 4) is 0 Å². The van der Waals surface area contributed by atoms with Gasteiger partial charge in [-0.2, -0.15) is 0 Å². The third-order valence-electron chi connectivity index (χ3n) is 1.36. The van der Waals surface area contributed by atoms with E-state index in [1.54, 1.807) is 18.7 Å². The molecule has 0 saturated heterocycles. The second-order valence-electron chi connectivity index (χ2n) is 2.36. The normalized spacial score (nSPS) is 10.5. The minimum Gasteiger partial charge on any atom is -0.334 e. The van der Waals surface area contributed by atoms with E-state index in [0.717, 1.165) is 0 Å². The van der Waals surface area contributed by atoms with E-state index >= 15 is 0 Å². The molecule has 1 heterocycles. The predicted octanol–water partition coefficient (Wildman–Crippen LogP) is 0.752. The fourth-order valence-corrected chi connectivity index (χ4v) is 0.837. The highest BCUT2D eigenvalue weighted by Crippen LogP contribution is 1.85. The summed E-state index contributed by atoms with van der Waals surface area (Å²) in [6.07, 6.45) is 8.63. The molecular formula is C8H10ClN3O. The molecule has 0 aliphatic rings. The summed E-state index contributed by atoms with van der Waals surface area (Å²) >= 11 is 5.27. The Bertz CT molecular complexity index is 282. The molecule has 13 heavy (non-hydrogen) atoms. The van der Waals surface area contributed by atoms with Crippen molar-refractivity contribution in [1.29, 1.82) is 0 Å². The zero-order valence-electron chi connectivity index (χ0n) is 6.98. The summed E-state index contributed by atoms with van der Waals surface area (Å²) in [4.78, 5) is 14.5. The number of allylic oxidation sites excluding steroid dienone is 1. The molecule has 0 aliphatic heterocycles. The zero-order valence-corrected chi connectivity index (χ0v) is 7.74. The van der Waals surface area contributed by atoms with Crippen LogP contribution in [0.5, 0.6) is 0 Å². The zero-order chi connectivity index (χ0) is 9.52. The fraction of sp³-hybridized carbons (Fsp3) is 0.250. The topological polar surface area (TPSA) is 46.9 Å². The molecule has 70 valence electrons. The van der Waals surface area contributed by atoms with Crippen molar-refractivity contribution < 1.29 is 4.79 Å². The van der Waals surface area contributed by atoms with Crippen molar-refractivity contribution >= 4 is 17.5 Å². The molecule has 1 amide bonds. The first-order valence-electron chi connectivity index (χ1n) is 3.79. The molecule has 1 aromatic heterocycles. The van der Waals surface area contributed by atoms with Gasteiger partial charge in [0.1, 0.15) is 5.88 Å². The molecule has 0 radical (unpaired) electrons. The minimum absolute atomic E-state index is 0.0184. The van der Waals surface area contributed by atoms with Crippen LogP contribution in [0.4, 0.5) is 0 Å². The van der Waals surface area contributed by atoms with Gasteiger partial charge in [-0.25, -0.2) is 4.98 Å². The van der Waals surface area contributed by atoms with Gasteiger partial charge in [-0.15, -0.1) is 11.6 Å². The second kappa shape index (κ2) is 5.37. The Kier molecular flexibility index (Phi) is 4.05. The molecule has 1 aromatic rings. The van der Waals surface area contributed by atoms with Crippen LogP contribution in [0.2, 0.25) is 0 Å².